The third-order valence-corrected chi connectivity index (χ3v) is 1.69. The molecule has 0 radical (unpaired) electrons. The van der Waals surface area contributed by atoms with Crippen LogP contribution in [0.2, 0.25) is 0 Å². The highest BCUT2D eigenvalue weighted by Gasteiger charge is 2.09. The van der Waals surface area contributed by atoms with Crippen LogP contribution in [-0.4, -0.2) is 41.7 Å². The first-order valence-corrected chi connectivity index (χ1v) is 5.35. The van der Waals surface area contributed by atoms with Crippen LogP contribution in [0.25, 0.3) is 0 Å². The Labute approximate surface area is 96.1 Å². The summed E-state index contributed by atoms with van der Waals surface area (Å²) in [6.45, 7) is 6.49. The third-order valence-electron chi connectivity index (χ3n) is 1.69. The van der Waals surface area contributed by atoms with Crippen LogP contribution in [0.1, 0.15) is 20.8 Å². The van der Waals surface area contributed by atoms with Gasteiger partial charge in [0.05, 0.1) is 6.61 Å². The highest BCUT2D eigenvalue weighted by Crippen LogP contribution is 2.13. The minimum absolute atomic E-state index is 0.270. The lowest BCUT2D eigenvalue weighted by atomic mass is 10.4. The summed E-state index contributed by atoms with van der Waals surface area (Å²) >= 11 is 0. The molecule has 1 N–H and O–H groups in total. The van der Waals surface area contributed by atoms with Gasteiger partial charge in [0.2, 0.25) is 11.9 Å². The van der Waals surface area contributed by atoms with Crippen LogP contribution in [0.5, 0.6) is 6.01 Å². The first kappa shape index (κ1) is 12.5. The number of anilines is 2. The molecule has 0 saturated carbocycles. The van der Waals surface area contributed by atoms with Crippen LogP contribution in [-0.2, 0) is 0 Å². The fourth-order valence-electron chi connectivity index (χ4n) is 1.06. The highest BCUT2D eigenvalue weighted by molar-refractivity contribution is 5.37. The molecule has 1 rings (SSSR count). The van der Waals surface area contributed by atoms with Crippen molar-refractivity contribution in [1.29, 1.82) is 0 Å². The molecule has 6 nitrogen and oxygen atoms in total. The summed E-state index contributed by atoms with van der Waals surface area (Å²) in [6.07, 6.45) is 0. The van der Waals surface area contributed by atoms with E-state index in [0.717, 1.165) is 0 Å². The molecule has 0 aromatic carbocycles. The van der Waals surface area contributed by atoms with Gasteiger partial charge in [0.25, 0.3) is 0 Å². The first-order chi connectivity index (χ1) is 7.52. The van der Waals surface area contributed by atoms with E-state index in [2.05, 4.69) is 20.3 Å². The average molecular weight is 225 g/mol. The third kappa shape index (κ3) is 3.52. The summed E-state index contributed by atoms with van der Waals surface area (Å²) in [5, 5.41) is 3.13. The molecule has 0 aliphatic heterocycles. The molecule has 0 aliphatic carbocycles. The zero-order valence-corrected chi connectivity index (χ0v) is 10.5. The van der Waals surface area contributed by atoms with Gasteiger partial charge in [-0.1, -0.05) is 0 Å². The van der Waals surface area contributed by atoms with Gasteiger partial charge in [0.15, 0.2) is 0 Å². The van der Waals surface area contributed by atoms with Gasteiger partial charge in [-0.2, -0.15) is 15.0 Å². The molecule has 0 amide bonds. The Hall–Kier alpha value is -1.59. The molecule has 1 aromatic rings. The van der Waals surface area contributed by atoms with Gasteiger partial charge in [0, 0.05) is 20.1 Å². The highest BCUT2D eigenvalue weighted by atomic mass is 16.5. The normalized spacial score (nSPS) is 10.4. The maximum atomic E-state index is 5.29. The van der Waals surface area contributed by atoms with Crippen molar-refractivity contribution < 1.29 is 4.74 Å². The molecule has 0 unspecified atom stereocenters. The summed E-state index contributed by atoms with van der Waals surface area (Å²) in [6, 6.07) is 0.622. The quantitative estimate of drug-likeness (QED) is 0.811. The molecular weight excluding hydrogens is 206 g/mol. The monoisotopic (exact) mass is 225 g/mol. The summed E-state index contributed by atoms with van der Waals surface area (Å²) in [5.74, 6) is 1.12. The van der Waals surface area contributed by atoms with Crippen LogP contribution in [0.3, 0.4) is 0 Å². The second-order valence-electron chi connectivity index (χ2n) is 3.87. The number of hydrogen-bond acceptors (Lipinski definition) is 6. The van der Waals surface area contributed by atoms with E-state index in [1.54, 1.807) is 0 Å². The first-order valence-electron chi connectivity index (χ1n) is 5.35. The van der Waals surface area contributed by atoms with Crippen molar-refractivity contribution in [3.05, 3.63) is 0 Å². The van der Waals surface area contributed by atoms with Gasteiger partial charge in [-0.15, -0.1) is 0 Å². The van der Waals surface area contributed by atoms with Gasteiger partial charge in [0.1, 0.15) is 0 Å². The van der Waals surface area contributed by atoms with E-state index in [-0.39, 0.29) is 6.04 Å². The van der Waals surface area contributed by atoms with Crippen molar-refractivity contribution in [3.8, 4) is 6.01 Å². The van der Waals surface area contributed by atoms with Crippen molar-refractivity contribution in [2.45, 2.75) is 26.8 Å². The molecular formula is C10H19N5O. The zero-order chi connectivity index (χ0) is 12.1. The predicted molar refractivity (Wildman–Crippen MR) is 64.1 cm³/mol. The number of hydrogen-bond donors (Lipinski definition) is 1. The van der Waals surface area contributed by atoms with Crippen LogP contribution in [0.4, 0.5) is 11.9 Å². The largest absolute Gasteiger partial charge is 0.464 e. The van der Waals surface area contributed by atoms with Crippen molar-refractivity contribution in [2.75, 3.05) is 30.9 Å². The summed E-state index contributed by atoms with van der Waals surface area (Å²) in [7, 11) is 3.76. The molecule has 0 bridgehead atoms. The predicted octanol–water partition coefficient (Wildman–Crippen LogP) is 1.16. The maximum absolute atomic E-state index is 5.29. The van der Waals surface area contributed by atoms with E-state index in [1.165, 1.54) is 0 Å². The molecule has 0 saturated heterocycles. The maximum Gasteiger partial charge on any atom is 0.323 e. The molecule has 0 aliphatic rings. The lowest BCUT2D eigenvalue weighted by molar-refractivity contribution is 0.312. The SMILES string of the molecule is CCOc1nc(NC(C)C)nc(N(C)C)n1. The zero-order valence-electron chi connectivity index (χ0n) is 10.5. The topological polar surface area (TPSA) is 63.2 Å². The van der Waals surface area contributed by atoms with E-state index in [1.807, 2.05) is 39.8 Å². The van der Waals surface area contributed by atoms with Crippen molar-refractivity contribution >= 4 is 11.9 Å². The van der Waals surface area contributed by atoms with Crippen LogP contribution >= 0.6 is 0 Å². The molecule has 6 heteroatoms. The molecule has 90 valence electrons. The fourth-order valence-corrected chi connectivity index (χ4v) is 1.06. The lowest BCUT2D eigenvalue weighted by Crippen LogP contribution is -2.18. The average Bonchev–Trinajstić information content (AvgIpc) is 2.16. The van der Waals surface area contributed by atoms with Crippen molar-refractivity contribution in [2.24, 2.45) is 0 Å². The number of rotatable bonds is 5. The molecule has 16 heavy (non-hydrogen) atoms. The van der Waals surface area contributed by atoms with E-state index in [0.29, 0.717) is 24.5 Å². The second-order valence-corrected chi connectivity index (χ2v) is 3.87. The smallest absolute Gasteiger partial charge is 0.323 e. The fraction of sp³-hybridized carbons (Fsp3) is 0.700. The number of ether oxygens (including phenoxy) is 1. The van der Waals surface area contributed by atoms with Gasteiger partial charge < -0.3 is 15.0 Å². The molecule has 0 fully saturated rings. The van der Waals surface area contributed by atoms with E-state index < -0.39 is 0 Å². The van der Waals surface area contributed by atoms with Crippen LogP contribution in [0, 0.1) is 0 Å². The Morgan fingerprint density at radius 2 is 1.94 bits per heavy atom. The standard InChI is InChI=1S/C10H19N5O/c1-6-16-10-13-8(11-7(2)3)12-9(14-10)15(4)5/h7H,6H2,1-5H3,(H,11,12,13,14). The van der Waals surface area contributed by atoms with Gasteiger partial charge in [-0.3, -0.25) is 0 Å². The van der Waals surface area contributed by atoms with Gasteiger partial charge >= 0.3 is 6.01 Å². The minimum atomic E-state index is 0.270. The van der Waals surface area contributed by atoms with E-state index in [4.69, 9.17) is 4.74 Å². The molecule has 1 heterocycles. The molecule has 0 spiro atoms. The van der Waals surface area contributed by atoms with Crippen LogP contribution in [0.15, 0.2) is 0 Å². The Balaban J connectivity index is 2.98. The van der Waals surface area contributed by atoms with Gasteiger partial charge in [-0.25, -0.2) is 0 Å². The molecule has 1 aromatic heterocycles. The van der Waals surface area contributed by atoms with Crippen LogP contribution < -0.4 is 15.0 Å². The number of nitrogens with one attached hydrogen (secondary N) is 1. The number of nitrogens with zero attached hydrogens (tertiary/aromatic N) is 4. The second kappa shape index (κ2) is 5.48. The Morgan fingerprint density at radius 1 is 1.25 bits per heavy atom. The summed E-state index contributed by atoms with van der Waals surface area (Å²) in [5.41, 5.74) is 0. The van der Waals surface area contributed by atoms with Gasteiger partial charge in [-0.05, 0) is 20.8 Å². The van der Waals surface area contributed by atoms with Crippen molar-refractivity contribution in [1.82, 2.24) is 15.0 Å². The van der Waals surface area contributed by atoms with E-state index >= 15 is 0 Å². The minimum Gasteiger partial charge on any atom is -0.464 e. The number of aromatic nitrogens is 3. The molecule has 0 atom stereocenters. The van der Waals surface area contributed by atoms with Crippen molar-refractivity contribution in [3.63, 3.8) is 0 Å². The summed E-state index contributed by atoms with van der Waals surface area (Å²) < 4.78 is 5.29. The Bertz CT molecular complexity index is 340. The Morgan fingerprint density at radius 3 is 2.44 bits per heavy atom. The summed E-state index contributed by atoms with van der Waals surface area (Å²) in [4.78, 5) is 14.4. The lowest BCUT2D eigenvalue weighted by Gasteiger charge is -2.14. The Kier molecular flexibility index (Phi) is 4.28. The van der Waals surface area contributed by atoms with E-state index in [9.17, 15) is 0 Å².